The Morgan fingerprint density at radius 2 is 1.97 bits per heavy atom. The van der Waals surface area contributed by atoms with E-state index < -0.39 is 0 Å². The van der Waals surface area contributed by atoms with Crippen molar-refractivity contribution in [3.8, 4) is 0 Å². The quantitative estimate of drug-likeness (QED) is 0.686. The Kier molecular flexibility index (Phi) is 5.65. The number of hydrogen-bond donors (Lipinski definition) is 0. The summed E-state index contributed by atoms with van der Waals surface area (Å²) in [4.78, 5) is 43.9. The summed E-state index contributed by atoms with van der Waals surface area (Å²) >= 11 is 0. The number of carbonyl (C=O) groups is 3. The number of aromatic nitrogens is 3. The average Bonchev–Trinajstić information content (AvgIpc) is 3.34. The van der Waals surface area contributed by atoms with Gasteiger partial charge < -0.3 is 9.47 Å². The van der Waals surface area contributed by atoms with Gasteiger partial charge in [-0.3, -0.25) is 19.1 Å². The number of rotatable bonds is 6. The molecule has 0 saturated carbocycles. The Morgan fingerprint density at radius 1 is 1.20 bits per heavy atom. The van der Waals surface area contributed by atoms with Gasteiger partial charge in [0.25, 0.3) is 0 Å². The van der Waals surface area contributed by atoms with Gasteiger partial charge in [0.1, 0.15) is 5.82 Å². The fraction of sp³-hybridized carbons (Fsp3) is 0.500. The number of aliphatic imine (C=N–C) groups is 1. The number of Topliss-reactive ketones (excluding diaryl/α,β-unsaturated/α-hetero) is 2. The molecule has 0 radical (unpaired) electrons. The summed E-state index contributed by atoms with van der Waals surface area (Å²) in [5.41, 5.74) is 2.18. The lowest BCUT2D eigenvalue weighted by molar-refractivity contribution is -0.132. The number of ketones is 2. The van der Waals surface area contributed by atoms with E-state index in [1.807, 2.05) is 28.8 Å². The van der Waals surface area contributed by atoms with Crippen molar-refractivity contribution >= 4 is 29.0 Å². The molecular weight excluding hydrogens is 382 g/mol. The molecule has 0 bridgehead atoms. The lowest BCUT2D eigenvalue weighted by Gasteiger charge is -2.31. The number of fused-ring (bicyclic) bond motifs is 1. The van der Waals surface area contributed by atoms with Gasteiger partial charge in [-0.2, -0.15) is 5.10 Å². The molecule has 4 rings (SSSR count). The van der Waals surface area contributed by atoms with Crippen LogP contribution < -0.4 is 0 Å². The van der Waals surface area contributed by atoms with Crippen LogP contribution in [0, 0.1) is 5.92 Å². The van der Waals surface area contributed by atoms with Crippen LogP contribution in [0.3, 0.4) is 0 Å². The summed E-state index contributed by atoms with van der Waals surface area (Å²) in [7, 11) is 3.68. The van der Waals surface area contributed by atoms with E-state index in [0.29, 0.717) is 68.6 Å². The molecule has 8 nitrogen and oxygen atoms in total. The highest BCUT2D eigenvalue weighted by Crippen LogP contribution is 2.28. The van der Waals surface area contributed by atoms with E-state index in [1.54, 1.807) is 24.1 Å². The van der Waals surface area contributed by atoms with Crippen molar-refractivity contribution in [3.05, 3.63) is 35.8 Å². The topological polar surface area (TPSA) is 89.6 Å². The van der Waals surface area contributed by atoms with Gasteiger partial charge in [-0.15, -0.1) is 0 Å². The van der Waals surface area contributed by atoms with E-state index in [0.717, 1.165) is 5.71 Å². The monoisotopic (exact) mass is 409 g/mol. The van der Waals surface area contributed by atoms with E-state index in [2.05, 4.69) is 10.1 Å². The summed E-state index contributed by atoms with van der Waals surface area (Å²) in [5, 5.41) is 4.07. The third kappa shape index (κ3) is 4.13. The molecule has 1 amide bonds. The average molecular weight is 409 g/mol. The molecular formula is C22H27N5O3. The zero-order chi connectivity index (χ0) is 21.3. The van der Waals surface area contributed by atoms with Crippen molar-refractivity contribution in [2.24, 2.45) is 25.0 Å². The third-order valence-electron chi connectivity index (χ3n) is 6.03. The summed E-state index contributed by atoms with van der Waals surface area (Å²) in [5.74, 6) is 1.01. The van der Waals surface area contributed by atoms with Crippen molar-refractivity contribution in [3.63, 3.8) is 0 Å². The Labute approximate surface area is 175 Å². The van der Waals surface area contributed by atoms with Gasteiger partial charge in [0.05, 0.1) is 17.3 Å². The first-order valence-electron chi connectivity index (χ1n) is 10.5. The molecule has 1 fully saturated rings. The Balaban J connectivity index is 1.24. The van der Waals surface area contributed by atoms with Crippen LogP contribution in [0.15, 0.2) is 29.6 Å². The second-order valence-corrected chi connectivity index (χ2v) is 8.22. The minimum Gasteiger partial charge on any atom is -0.343 e. The largest absolute Gasteiger partial charge is 0.343 e. The lowest BCUT2D eigenvalue weighted by Crippen LogP contribution is -2.40. The molecule has 0 atom stereocenters. The molecule has 1 saturated heterocycles. The molecule has 0 unspecified atom stereocenters. The van der Waals surface area contributed by atoms with Crippen LogP contribution in [0.2, 0.25) is 0 Å². The van der Waals surface area contributed by atoms with Crippen LogP contribution in [-0.2, 0) is 18.9 Å². The number of likely N-dealkylation sites (tertiary alicyclic amines) is 1. The smallest absolute Gasteiger partial charge is 0.222 e. The van der Waals surface area contributed by atoms with Crippen molar-refractivity contribution in [2.75, 3.05) is 13.1 Å². The first-order chi connectivity index (χ1) is 14.4. The first-order valence-corrected chi connectivity index (χ1v) is 10.5. The maximum atomic E-state index is 12.6. The van der Waals surface area contributed by atoms with E-state index in [1.165, 1.54) is 0 Å². The minimum atomic E-state index is -0.0414. The normalized spacial score (nSPS) is 17.1. The van der Waals surface area contributed by atoms with E-state index in [-0.39, 0.29) is 23.4 Å². The zero-order valence-electron chi connectivity index (χ0n) is 17.5. The molecule has 30 heavy (non-hydrogen) atoms. The zero-order valence-corrected chi connectivity index (χ0v) is 17.5. The highest BCUT2D eigenvalue weighted by molar-refractivity contribution is 6.15. The summed E-state index contributed by atoms with van der Waals surface area (Å²) in [6.45, 7) is 1.23. The van der Waals surface area contributed by atoms with Crippen molar-refractivity contribution in [1.29, 1.82) is 0 Å². The highest BCUT2D eigenvalue weighted by Gasteiger charge is 2.28. The molecule has 8 heteroatoms. The van der Waals surface area contributed by atoms with Crippen LogP contribution in [0.4, 0.5) is 5.82 Å². The second-order valence-electron chi connectivity index (χ2n) is 8.22. The lowest BCUT2D eigenvalue weighted by atomic mass is 9.90. The van der Waals surface area contributed by atoms with Gasteiger partial charge in [0.15, 0.2) is 11.6 Å². The van der Waals surface area contributed by atoms with Gasteiger partial charge in [-0.1, -0.05) is 0 Å². The number of hydrogen-bond acceptors (Lipinski definition) is 5. The maximum Gasteiger partial charge on any atom is 0.222 e. The van der Waals surface area contributed by atoms with Crippen molar-refractivity contribution < 1.29 is 14.4 Å². The molecule has 0 aromatic carbocycles. The van der Waals surface area contributed by atoms with Gasteiger partial charge in [-0.25, -0.2) is 4.99 Å². The molecule has 0 spiro atoms. The second kappa shape index (κ2) is 8.38. The van der Waals surface area contributed by atoms with Crippen molar-refractivity contribution in [1.82, 2.24) is 19.2 Å². The summed E-state index contributed by atoms with van der Waals surface area (Å²) in [6, 6.07) is 1.81. The SMILES string of the molecule is Cn1cc(C(=O)C2CCN(C(=O)CCCC3=Nc4c(ccn4C)C(=O)C3)CC2)cn1. The fourth-order valence-corrected chi connectivity index (χ4v) is 4.27. The number of piperidine rings is 1. The van der Waals surface area contributed by atoms with Gasteiger partial charge in [0.2, 0.25) is 5.91 Å². The summed E-state index contributed by atoms with van der Waals surface area (Å²) in [6.07, 6.45) is 8.70. The Morgan fingerprint density at radius 3 is 2.67 bits per heavy atom. The third-order valence-corrected chi connectivity index (χ3v) is 6.03. The first kappa shape index (κ1) is 20.3. The molecule has 2 aromatic heterocycles. The van der Waals surface area contributed by atoms with Crippen LogP contribution in [-0.4, -0.2) is 55.5 Å². The Hall–Kier alpha value is -3.03. The number of amides is 1. The van der Waals surface area contributed by atoms with Gasteiger partial charge in [0, 0.05) is 64.0 Å². The summed E-state index contributed by atoms with van der Waals surface area (Å²) < 4.78 is 3.49. The predicted molar refractivity (Wildman–Crippen MR) is 112 cm³/mol. The fourth-order valence-electron chi connectivity index (χ4n) is 4.27. The van der Waals surface area contributed by atoms with Crippen molar-refractivity contribution in [2.45, 2.75) is 38.5 Å². The van der Waals surface area contributed by atoms with Crippen LogP contribution >= 0.6 is 0 Å². The van der Waals surface area contributed by atoms with Gasteiger partial charge >= 0.3 is 0 Å². The molecule has 158 valence electrons. The molecule has 2 aliphatic heterocycles. The standard InChI is InChI=1S/C22H27N5O3/c1-25-9-8-18-19(28)12-17(24-22(18)25)4-3-5-20(29)27-10-6-15(7-11-27)21(30)16-13-23-26(2)14-16/h8-9,13-15H,3-7,10-12H2,1-2H3. The predicted octanol–water partition coefficient (Wildman–Crippen LogP) is 2.71. The highest BCUT2D eigenvalue weighted by atomic mass is 16.2. The van der Waals surface area contributed by atoms with E-state index >= 15 is 0 Å². The van der Waals surface area contributed by atoms with Crippen LogP contribution in [0.1, 0.15) is 59.2 Å². The number of carbonyl (C=O) groups excluding carboxylic acids is 3. The molecule has 4 heterocycles. The van der Waals surface area contributed by atoms with Gasteiger partial charge in [-0.05, 0) is 31.7 Å². The number of aryl methyl sites for hydroxylation is 2. The molecule has 2 aliphatic rings. The van der Waals surface area contributed by atoms with Crippen LogP contribution in [0.25, 0.3) is 0 Å². The minimum absolute atomic E-state index is 0.0414. The Bertz CT molecular complexity index is 1010. The van der Waals surface area contributed by atoms with E-state index in [9.17, 15) is 14.4 Å². The maximum absolute atomic E-state index is 12.6. The van der Waals surface area contributed by atoms with E-state index in [4.69, 9.17) is 0 Å². The molecule has 2 aromatic rings. The van der Waals surface area contributed by atoms with Crippen LogP contribution in [0.5, 0.6) is 0 Å². The number of nitrogens with zero attached hydrogens (tertiary/aromatic N) is 5. The molecule has 0 N–H and O–H groups in total. The molecule has 0 aliphatic carbocycles.